The molecular weight excluding hydrogens is 322 g/mol. The largest absolute Gasteiger partial charge is 0.493 e. The zero-order chi connectivity index (χ0) is 18.1. The van der Waals surface area contributed by atoms with Gasteiger partial charge in [-0.3, -0.25) is 4.79 Å². The first-order chi connectivity index (χ1) is 12.0. The predicted molar refractivity (Wildman–Crippen MR) is 92.3 cm³/mol. The van der Waals surface area contributed by atoms with Crippen molar-refractivity contribution in [2.75, 3.05) is 28.4 Å². The Kier molecular flexibility index (Phi) is 4.55. The van der Waals surface area contributed by atoms with Gasteiger partial charge in [0.05, 0.1) is 27.4 Å². The fourth-order valence-corrected chi connectivity index (χ4v) is 3.38. The standard InChI is InChI=1S/C19H21NO5/c1-20-15(11-7-5-6-8-12(11)19(20)22)16(21)13-9-10-14(23-2)18(25-4)17(13)24-3/h5-10,15-16,21H,1-4H3/t15-,16-/m1/s1. The van der Waals surface area contributed by atoms with Crippen LogP contribution in [0.5, 0.6) is 17.2 Å². The summed E-state index contributed by atoms with van der Waals surface area (Å²) < 4.78 is 16.1. The molecule has 0 fully saturated rings. The van der Waals surface area contributed by atoms with Gasteiger partial charge in [-0.1, -0.05) is 18.2 Å². The van der Waals surface area contributed by atoms with Gasteiger partial charge in [0, 0.05) is 18.2 Å². The maximum absolute atomic E-state index is 12.5. The average Bonchev–Trinajstić information content (AvgIpc) is 2.90. The van der Waals surface area contributed by atoms with Crippen LogP contribution in [0.3, 0.4) is 0 Å². The Morgan fingerprint density at radius 1 is 1.00 bits per heavy atom. The highest BCUT2D eigenvalue weighted by Gasteiger charge is 2.40. The molecule has 2 aromatic rings. The Morgan fingerprint density at radius 3 is 2.32 bits per heavy atom. The minimum absolute atomic E-state index is 0.112. The second-order valence-corrected chi connectivity index (χ2v) is 5.82. The van der Waals surface area contributed by atoms with Crippen LogP contribution in [0.1, 0.15) is 33.6 Å². The van der Waals surface area contributed by atoms with Crippen molar-refractivity contribution in [3.63, 3.8) is 0 Å². The van der Waals surface area contributed by atoms with E-state index in [1.807, 2.05) is 18.2 Å². The Morgan fingerprint density at radius 2 is 1.68 bits per heavy atom. The molecule has 0 unspecified atom stereocenters. The summed E-state index contributed by atoms with van der Waals surface area (Å²) in [5, 5.41) is 11.1. The van der Waals surface area contributed by atoms with E-state index in [-0.39, 0.29) is 5.91 Å². The van der Waals surface area contributed by atoms with Crippen LogP contribution < -0.4 is 14.2 Å². The van der Waals surface area contributed by atoms with E-state index in [0.717, 1.165) is 5.56 Å². The van der Waals surface area contributed by atoms with Gasteiger partial charge in [0.15, 0.2) is 11.5 Å². The van der Waals surface area contributed by atoms with Gasteiger partial charge in [0.25, 0.3) is 5.91 Å². The third kappa shape index (κ3) is 2.59. The van der Waals surface area contributed by atoms with Crippen molar-refractivity contribution in [2.45, 2.75) is 12.1 Å². The van der Waals surface area contributed by atoms with Crippen molar-refractivity contribution in [2.24, 2.45) is 0 Å². The van der Waals surface area contributed by atoms with Gasteiger partial charge in [-0.05, 0) is 23.8 Å². The normalized spacial score (nSPS) is 17.2. The molecule has 1 amide bonds. The summed E-state index contributed by atoms with van der Waals surface area (Å²) in [6.45, 7) is 0. The third-order valence-electron chi connectivity index (χ3n) is 4.60. The Hall–Kier alpha value is -2.73. The molecular formula is C19H21NO5. The Labute approximate surface area is 146 Å². The first-order valence-electron chi connectivity index (χ1n) is 7.88. The molecule has 2 atom stereocenters. The fraction of sp³-hybridized carbons (Fsp3) is 0.316. The van der Waals surface area contributed by atoms with E-state index in [1.165, 1.54) is 21.3 Å². The number of benzene rings is 2. The van der Waals surface area contributed by atoms with Gasteiger partial charge in [-0.25, -0.2) is 0 Å². The van der Waals surface area contributed by atoms with Crippen LogP contribution in [0.2, 0.25) is 0 Å². The molecule has 1 heterocycles. The number of rotatable bonds is 5. The van der Waals surface area contributed by atoms with E-state index in [9.17, 15) is 9.90 Å². The summed E-state index contributed by atoms with van der Waals surface area (Å²) in [7, 11) is 6.23. The number of nitrogens with zero attached hydrogens (tertiary/aromatic N) is 1. The van der Waals surface area contributed by atoms with E-state index in [4.69, 9.17) is 14.2 Å². The Balaban J connectivity index is 2.10. The SMILES string of the molecule is COc1ccc([C@@H](O)[C@H]2c3ccccc3C(=O)N2C)c(OC)c1OC. The van der Waals surface area contributed by atoms with E-state index in [2.05, 4.69) is 0 Å². The van der Waals surface area contributed by atoms with Gasteiger partial charge >= 0.3 is 0 Å². The number of carbonyl (C=O) groups is 1. The highest BCUT2D eigenvalue weighted by Crippen LogP contribution is 2.47. The highest BCUT2D eigenvalue weighted by atomic mass is 16.5. The van der Waals surface area contributed by atoms with Crippen molar-refractivity contribution in [3.8, 4) is 17.2 Å². The first kappa shape index (κ1) is 17.1. The molecule has 1 N–H and O–H groups in total. The number of methoxy groups -OCH3 is 3. The second-order valence-electron chi connectivity index (χ2n) is 5.82. The average molecular weight is 343 g/mol. The minimum Gasteiger partial charge on any atom is -0.493 e. The van der Waals surface area contributed by atoms with Crippen LogP contribution >= 0.6 is 0 Å². The van der Waals surface area contributed by atoms with E-state index < -0.39 is 12.1 Å². The topological polar surface area (TPSA) is 68.2 Å². The van der Waals surface area contributed by atoms with Crippen LogP contribution in [0, 0.1) is 0 Å². The molecule has 2 aromatic carbocycles. The predicted octanol–water partition coefficient (Wildman–Crippen LogP) is 2.57. The zero-order valence-corrected chi connectivity index (χ0v) is 14.6. The van der Waals surface area contributed by atoms with Gasteiger partial charge < -0.3 is 24.2 Å². The van der Waals surface area contributed by atoms with Gasteiger partial charge in [-0.2, -0.15) is 0 Å². The number of likely N-dealkylation sites (N-methyl/N-ethyl adjacent to an activating group) is 1. The summed E-state index contributed by atoms with van der Waals surface area (Å²) in [5.41, 5.74) is 1.93. The summed E-state index contributed by atoms with van der Waals surface area (Å²) in [4.78, 5) is 14.0. The molecule has 0 radical (unpaired) electrons. The molecule has 0 spiro atoms. The lowest BCUT2D eigenvalue weighted by Gasteiger charge is -2.28. The van der Waals surface area contributed by atoms with Gasteiger partial charge in [0.2, 0.25) is 5.75 Å². The number of carbonyl (C=O) groups excluding carboxylic acids is 1. The highest BCUT2D eigenvalue weighted by molar-refractivity contribution is 5.99. The molecule has 0 bridgehead atoms. The maximum atomic E-state index is 12.5. The lowest BCUT2D eigenvalue weighted by molar-refractivity contribution is 0.0504. The lowest BCUT2D eigenvalue weighted by Crippen LogP contribution is -2.27. The molecule has 6 nitrogen and oxygen atoms in total. The zero-order valence-electron chi connectivity index (χ0n) is 14.6. The molecule has 0 saturated carbocycles. The summed E-state index contributed by atoms with van der Waals surface area (Å²) in [5.74, 6) is 1.19. The quantitative estimate of drug-likeness (QED) is 0.904. The molecule has 25 heavy (non-hydrogen) atoms. The maximum Gasteiger partial charge on any atom is 0.254 e. The summed E-state index contributed by atoms with van der Waals surface area (Å²) in [6, 6.07) is 10.2. The number of amides is 1. The van der Waals surface area contributed by atoms with E-state index in [0.29, 0.717) is 28.4 Å². The van der Waals surface area contributed by atoms with Crippen LogP contribution in [-0.4, -0.2) is 44.3 Å². The molecule has 6 heteroatoms. The number of ether oxygens (including phenoxy) is 3. The van der Waals surface area contributed by atoms with Crippen molar-refractivity contribution in [1.29, 1.82) is 0 Å². The molecule has 3 rings (SSSR count). The van der Waals surface area contributed by atoms with Crippen molar-refractivity contribution < 1.29 is 24.1 Å². The van der Waals surface area contributed by atoms with Crippen LogP contribution in [0.15, 0.2) is 36.4 Å². The fourth-order valence-electron chi connectivity index (χ4n) is 3.38. The van der Waals surface area contributed by atoms with E-state index in [1.54, 1.807) is 30.1 Å². The van der Waals surface area contributed by atoms with Crippen LogP contribution in [-0.2, 0) is 0 Å². The number of hydrogen-bond donors (Lipinski definition) is 1. The van der Waals surface area contributed by atoms with Crippen molar-refractivity contribution >= 4 is 5.91 Å². The van der Waals surface area contributed by atoms with Crippen molar-refractivity contribution in [1.82, 2.24) is 4.90 Å². The molecule has 0 saturated heterocycles. The van der Waals surface area contributed by atoms with Gasteiger partial charge in [-0.15, -0.1) is 0 Å². The van der Waals surface area contributed by atoms with E-state index >= 15 is 0 Å². The van der Waals surface area contributed by atoms with Crippen LogP contribution in [0.4, 0.5) is 0 Å². The molecule has 0 aromatic heterocycles. The molecule has 0 aliphatic carbocycles. The smallest absolute Gasteiger partial charge is 0.254 e. The summed E-state index contributed by atoms with van der Waals surface area (Å²) in [6.07, 6.45) is -0.979. The molecule has 1 aliphatic heterocycles. The number of fused-ring (bicyclic) bond motifs is 1. The van der Waals surface area contributed by atoms with Crippen LogP contribution in [0.25, 0.3) is 0 Å². The lowest BCUT2D eigenvalue weighted by atomic mass is 9.94. The van der Waals surface area contributed by atoms with Gasteiger partial charge in [0.1, 0.15) is 6.10 Å². The molecule has 132 valence electrons. The summed E-state index contributed by atoms with van der Waals surface area (Å²) >= 11 is 0. The number of aliphatic hydroxyl groups is 1. The first-order valence-corrected chi connectivity index (χ1v) is 7.88. The minimum atomic E-state index is -0.979. The monoisotopic (exact) mass is 343 g/mol. The number of hydrogen-bond acceptors (Lipinski definition) is 5. The third-order valence-corrected chi connectivity index (χ3v) is 4.60. The molecule has 1 aliphatic rings. The number of aliphatic hydroxyl groups excluding tert-OH is 1. The van der Waals surface area contributed by atoms with Crippen molar-refractivity contribution in [3.05, 3.63) is 53.1 Å². The Bertz CT molecular complexity index is 804. The second kappa shape index (κ2) is 6.64.